The summed E-state index contributed by atoms with van der Waals surface area (Å²) in [5.41, 5.74) is 5.28. The minimum absolute atomic E-state index is 0.0430. The molecule has 0 saturated heterocycles. The molecule has 1 amide bonds. The summed E-state index contributed by atoms with van der Waals surface area (Å²) in [4.78, 5) is 22.9. The van der Waals surface area contributed by atoms with E-state index in [0.717, 1.165) is 0 Å². The van der Waals surface area contributed by atoms with Crippen LogP contribution in [0.15, 0.2) is 0 Å². The highest BCUT2D eigenvalue weighted by Gasteiger charge is 2.11. The lowest BCUT2D eigenvalue weighted by molar-refractivity contribution is -0.137. The van der Waals surface area contributed by atoms with Gasteiger partial charge in [0.2, 0.25) is 5.91 Å². The number of thioether (sulfide) groups is 1. The number of carboxylic acid groups (broad SMARTS) is 1. The molecule has 0 bridgehead atoms. The molecule has 0 aromatic heterocycles. The number of hydrogen-bond donors (Lipinski definition) is 2. The average molecular weight is 220 g/mol. The molecular weight excluding hydrogens is 204 g/mol. The van der Waals surface area contributed by atoms with Gasteiger partial charge in [0.25, 0.3) is 0 Å². The van der Waals surface area contributed by atoms with Crippen LogP contribution < -0.4 is 5.73 Å². The number of carboxylic acids is 1. The van der Waals surface area contributed by atoms with Crippen molar-refractivity contribution in [2.45, 2.75) is 12.5 Å². The van der Waals surface area contributed by atoms with E-state index in [1.807, 2.05) is 0 Å². The fraction of sp³-hybridized carbons (Fsp3) is 0.750. The van der Waals surface area contributed by atoms with Gasteiger partial charge in [0, 0.05) is 32.0 Å². The first-order valence-electron chi connectivity index (χ1n) is 4.21. The molecule has 5 nitrogen and oxygen atoms in total. The summed E-state index contributed by atoms with van der Waals surface area (Å²) in [5, 5.41) is 8.47. The zero-order chi connectivity index (χ0) is 11.1. The van der Waals surface area contributed by atoms with E-state index >= 15 is 0 Å². The van der Waals surface area contributed by atoms with Gasteiger partial charge in [0.05, 0.1) is 0 Å². The van der Waals surface area contributed by atoms with Gasteiger partial charge in [-0.3, -0.25) is 9.59 Å². The third kappa shape index (κ3) is 5.82. The Labute approximate surface area is 87.6 Å². The Morgan fingerprint density at radius 1 is 1.50 bits per heavy atom. The van der Waals surface area contributed by atoms with E-state index in [1.54, 1.807) is 14.1 Å². The molecule has 0 aromatic rings. The van der Waals surface area contributed by atoms with E-state index in [1.165, 1.54) is 16.7 Å². The highest BCUT2D eigenvalue weighted by atomic mass is 32.2. The molecule has 0 aliphatic heterocycles. The monoisotopic (exact) mass is 220 g/mol. The lowest BCUT2D eigenvalue weighted by Crippen LogP contribution is -2.32. The summed E-state index contributed by atoms with van der Waals surface area (Å²) in [6.45, 7) is 0. The second kappa shape index (κ2) is 6.67. The van der Waals surface area contributed by atoms with Crippen molar-refractivity contribution in [2.24, 2.45) is 5.73 Å². The maximum atomic E-state index is 11.1. The van der Waals surface area contributed by atoms with Gasteiger partial charge in [-0.2, -0.15) is 11.8 Å². The molecule has 0 heterocycles. The molecule has 0 spiro atoms. The number of amides is 1. The zero-order valence-electron chi connectivity index (χ0n) is 8.40. The van der Waals surface area contributed by atoms with Crippen LogP contribution in [0.5, 0.6) is 0 Å². The van der Waals surface area contributed by atoms with Crippen LogP contribution in [-0.2, 0) is 9.59 Å². The van der Waals surface area contributed by atoms with Crippen LogP contribution >= 0.6 is 11.8 Å². The molecule has 6 heteroatoms. The minimum Gasteiger partial charge on any atom is -0.480 e. The van der Waals surface area contributed by atoms with Gasteiger partial charge in [-0.25, -0.2) is 0 Å². The van der Waals surface area contributed by atoms with Crippen LogP contribution in [0.25, 0.3) is 0 Å². The zero-order valence-corrected chi connectivity index (χ0v) is 9.21. The number of hydrogen-bond acceptors (Lipinski definition) is 4. The van der Waals surface area contributed by atoms with Gasteiger partial charge < -0.3 is 15.7 Å². The van der Waals surface area contributed by atoms with Gasteiger partial charge in [-0.05, 0) is 0 Å². The Kier molecular flexibility index (Phi) is 6.31. The number of carbonyl (C=O) groups excluding carboxylic acids is 1. The van der Waals surface area contributed by atoms with Crippen LogP contribution in [0, 0.1) is 0 Å². The third-order valence-electron chi connectivity index (χ3n) is 1.57. The lowest BCUT2D eigenvalue weighted by atomic mass is 10.4. The Balaban J connectivity index is 3.47. The second-order valence-corrected chi connectivity index (χ2v) is 4.21. The molecule has 1 atom stereocenters. The third-order valence-corrected chi connectivity index (χ3v) is 2.66. The summed E-state index contributed by atoms with van der Waals surface area (Å²) in [7, 11) is 3.38. The quantitative estimate of drug-likeness (QED) is 0.596. The normalized spacial score (nSPS) is 12.2. The molecule has 3 N–H and O–H groups in total. The molecule has 0 aliphatic carbocycles. The molecule has 0 radical (unpaired) electrons. The molecule has 0 saturated carbocycles. The first kappa shape index (κ1) is 13.2. The van der Waals surface area contributed by atoms with Crippen molar-refractivity contribution < 1.29 is 14.7 Å². The smallest absolute Gasteiger partial charge is 0.321 e. The SMILES string of the molecule is CN(C)C(=O)CCSCC(N)C(=O)O. The van der Waals surface area contributed by atoms with E-state index in [2.05, 4.69) is 0 Å². The van der Waals surface area contributed by atoms with Gasteiger partial charge in [0.15, 0.2) is 0 Å². The topological polar surface area (TPSA) is 83.6 Å². The van der Waals surface area contributed by atoms with Gasteiger partial charge in [-0.15, -0.1) is 0 Å². The summed E-state index contributed by atoms with van der Waals surface area (Å²) in [6.07, 6.45) is 0.421. The van der Waals surface area contributed by atoms with Crippen LogP contribution in [0.1, 0.15) is 6.42 Å². The average Bonchev–Trinajstić information content (AvgIpc) is 2.11. The maximum Gasteiger partial charge on any atom is 0.321 e. The van der Waals surface area contributed by atoms with Crippen molar-refractivity contribution in [2.75, 3.05) is 25.6 Å². The molecular formula is C8H16N2O3S. The lowest BCUT2D eigenvalue weighted by Gasteiger charge is -2.10. The van der Waals surface area contributed by atoms with E-state index < -0.39 is 12.0 Å². The Morgan fingerprint density at radius 3 is 2.50 bits per heavy atom. The van der Waals surface area contributed by atoms with Crippen molar-refractivity contribution in [1.29, 1.82) is 0 Å². The standard InChI is InChI=1S/C8H16N2O3S/c1-10(2)7(11)3-4-14-5-6(9)8(12)13/h6H,3-5,9H2,1-2H3,(H,12,13). The van der Waals surface area contributed by atoms with E-state index in [9.17, 15) is 9.59 Å². The van der Waals surface area contributed by atoms with Crippen LogP contribution in [0.4, 0.5) is 0 Å². The number of rotatable bonds is 6. The van der Waals surface area contributed by atoms with Crippen LogP contribution in [0.2, 0.25) is 0 Å². The first-order chi connectivity index (χ1) is 6.45. The predicted molar refractivity (Wildman–Crippen MR) is 56.2 cm³/mol. The molecule has 0 fully saturated rings. The molecule has 0 aromatic carbocycles. The summed E-state index contributed by atoms with van der Waals surface area (Å²) in [5.74, 6) is -0.00792. The van der Waals surface area contributed by atoms with E-state index in [4.69, 9.17) is 10.8 Å². The van der Waals surface area contributed by atoms with Gasteiger partial charge >= 0.3 is 5.97 Å². The fourth-order valence-corrected chi connectivity index (χ4v) is 1.55. The second-order valence-electron chi connectivity index (χ2n) is 3.06. The largest absolute Gasteiger partial charge is 0.480 e. The molecule has 14 heavy (non-hydrogen) atoms. The maximum absolute atomic E-state index is 11.1. The predicted octanol–water partition coefficient (Wildman–Crippen LogP) is -0.390. The van der Waals surface area contributed by atoms with Gasteiger partial charge in [0.1, 0.15) is 6.04 Å². The summed E-state index contributed by atoms with van der Waals surface area (Å²) < 4.78 is 0. The Morgan fingerprint density at radius 2 is 2.07 bits per heavy atom. The summed E-state index contributed by atoms with van der Waals surface area (Å²) in [6, 6.07) is -0.838. The van der Waals surface area contributed by atoms with E-state index in [0.29, 0.717) is 17.9 Å². The summed E-state index contributed by atoms with van der Waals surface area (Å²) >= 11 is 1.38. The minimum atomic E-state index is -1.00. The number of nitrogens with two attached hydrogens (primary N) is 1. The first-order valence-corrected chi connectivity index (χ1v) is 5.37. The highest BCUT2D eigenvalue weighted by Crippen LogP contribution is 2.05. The Bertz CT molecular complexity index is 209. The molecule has 82 valence electrons. The van der Waals surface area contributed by atoms with Crippen molar-refractivity contribution in [3.63, 3.8) is 0 Å². The van der Waals surface area contributed by atoms with Crippen molar-refractivity contribution >= 4 is 23.6 Å². The van der Waals surface area contributed by atoms with Gasteiger partial charge in [-0.1, -0.05) is 0 Å². The number of carbonyl (C=O) groups is 2. The molecule has 0 rings (SSSR count). The van der Waals surface area contributed by atoms with Crippen molar-refractivity contribution in [3.05, 3.63) is 0 Å². The van der Waals surface area contributed by atoms with Crippen LogP contribution in [0.3, 0.4) is 0 Å². The number of aliphatic carboxylic acids is 1. The molecule has 0 aliphatic rings. The van der Waals surface area contributed by atoms with Crippen molar-refractivity contribution in [1.82, 2.24) is 4.90 Å². The van der Waals surface area contributed by atoms with Crippen molar-refractivity contribution in [3.8, 4) is 0 Å². The highest BCUT2D eigenvalue weighted by molar-refractivity contribution is 7.99. The van der Waals surface area contributed by atoms with Crippen LogP contribution in [-0.4, -0.2) is 53.5 Å². The molecule has 1 unspecified atom stereocenters. The fourth-order valence-electron chi connectivity index (χ4n) is 0.665. The Hall–Kier alpha value is -0.750. The number of nitrogens with zero attached hydrogens (tertiary/aromatic N) is 1. The van der Waals surface area contributed by atoms with E-state index in [-0.39, 0.29) is 5.91 Å².